The second-order valence-electron chi connectivity index (χ2n) is 7.28. The van der Waals surface area contributed by atoms with Crippen LogP contribution >= 0.6 is 11.3 Å². The molecular formula is C21H23N3O2S. The molecule has 1 aliphatic rings. The molecule has 27 heavy (non-hydrogen) atoms. The lowest BCUT2D eigenvalue weighted by Gasteiger charge is -2.31. The van der Waals surface area contributed by atoms with E-state index in [0.717, 1.165) is 47.5 Å². The fourth-order valence-electron chi connectivity index (χ4n) is 3.63. The summed E-state index contributed by atoms with van der Waals surface area (Å²) in [5.41, 5.74) is 3.28. The quantitative estimate of drug-likeness (QED) is 0.667. The molecule has 6 heteroatoms. The first kappa shape index (κ1) is 17.9. The molecule has 0 radical (unpaired) electrons. The predicted octanol–water partition coefficient (Wildman–Crippen LogP) is 4.51. The van der Waals surface area contributed by atoms with E-state index in [2.05, 4.69) is 10.1 Å². The van der Waals surface area contributed by atoms with E-state index in [0.29, 0.717) is 24.1 Å². The van der Waals surface area contributed by atoms with Gasteiger partial charge in [0.25, 0.3) is 5.91 Å². The number of hydrogen-bond donors (Lipinski definition) is 0. The zero-order valence-corrected chi connectivity index (χ0v) is 16.5. The fourth-order valence-corrected chi connectivity index (χ4v) is 4.50. The number of aromatic nitrogens is 2. The minimum Gasteiger partial charge on any atom is -0.339 e. The van der Waals surface area contributed by atoms with Crippen LogP contribution in [0.4, 0.5) is 0 Å². The van der Waals surface area contributed by atoms with Gasteiger partial charge < -0.3 is 9.42 Å². The Bertz CT molecular complexity index is 946. The molecule has 1 fully saturated rings. The third-order valence-electron chi connectivity index (χ3n) is 5.06. The zero-order chi connectivity index (χ0) is 18.8. The van der Waals surface area contributed by atoms with Gasteiger partial charge >= 0.3 is 0 Å². The van der Waals surface area contributed by atoms with Crippen LogP contribution in [0.1, 0.15) is 39.5 Å². The molecule has 0 saturated carbocycles. The van der Waals surface area contributed by atoms with Gasteiger partial charge in [-0.2, -0.15) is 4.98 Å². The molecule has 3 aromatic rings. The largest absolute Gasteiger partial charge is 0.339 e. The first-order valence-electron chi connectivity index (χ1n) is 9.33. The van der Waals surface area contributed by atoms with Crippen molar-refractivity contribution in [3.8, 4) is 11.4 Å². The number of rotatable bonds is 4. The van der Waals surface area contributed by atoms with Gasteiger partial charge in [0.1, 0.15) is 0 Å². The van der Waals surface area contributed by atoms with Gasteiger partial charge in [0.2, 0.25) is 11.7 Å². The lowest BCUT2D eigenvalue weighted by Crippen LogP contribution is -2.40. The molecule has 0 spiro atoms. The number of amides is 1. The summed E-state index contributed by atoms with van der Waals surface area (Å²) in [6.45, 7) is 5.64. The summed E-state index contributed by atoms with van der Waals surface area (Å²) in [7, 11) is 0. The molecule has 0 bridgehead atoms. The molecule has 0 N–H and O–H groups in total. The van der Waals surface area contributed by atoms with Crippen LogP contribution in [0.3, 0.4) is 0 Å². The highest BCUT2D eigenvalue weighted by Crippen LogP contribution is 2.25. The minimum absolute atomic E-state index is 0.143. The number of carbonyl (C=O) groups is 1. The third kappa shape index (κ3) is 3.95. The summed E-state index contributed by atoms with van der Waals surface area (Å²) >= 11 is 1.53. The number of thiophene rings is 1. The van der Waals surface area contributed by atoms with Crippen molar-refractivity contribution >= 4 is 17.2 Å². The van der Waals surface area contributed by atoms with Gasteiger partial charge in [-0.15, -0.1) is 11.3 Å². The second kappa shape index (κ2) is 7.64. The maximum absolute atomic E-state index is 12.7. The van der Waals surface area contributed by atoms with Crippen molar-refractivity contribution in [3.63, 3.8) is 0 Å². The van der Waals surface area contributed by atoms with Gasteiger partial charge in [-0.1, -0.05) is 29.4 Å². The Hall–Kier alpha value is -2.47. The summed E-state index contributed by atoms with van der Waals surface area (Å²) in [6.07, 6.45) is 2.81. The SMILES string of the molecule is Cc1csc(C(=O)N2CCC[C@H](Cc3nc(-c4ccccc4C)no3)C2)c1. The number of hydrogen-bond acceptors (Lipinski definition) is 5. The van der Waals surface area contributed by atoms with E-state index in [1.54, 1.807) is 0 Å². The van der Waals surface area contributed by atoms with Crippen molar-refractivity contribution in [1.29, 1.82) is 0 Å². The summed E-state index contributed by atoms with van der Waals surface area (Å²) in [5, 5.41) is 6.18. The Balaban J connectivity index is 1.43. The van der Waals surface area contributed by atoms with E-state index in [1.807, 2.05) is 54.5 Å². The van der Waals surface area contributed by atoms with Crippen LogP contribution in [0, 0.1) is 19.8 Å². The summed E-state index contributed by atoms with van der Waals surface area (Å²) in [4.78, 5) is 20.1. The second-order valence-corrected chi connectivity index (χ2v) is 8.19. The maximum Gasteiger partial charge on any atom is 0.263 e. The number of benzene rings is 1. The van der Waals surface area contributed by atoms with E-state index in [4.69, 9.17) is 4.52 Å². The van der Waals surface area contributed by atoms with Crippen LogP contribution in [0.15, 0.2) is 40.2 Å². The van der Waals surface area contributed by atoms with Crippen molar-refractivity contribution < 1.29 is 9.32 Å². The van der Waals surface area contributed by atoms with Crippen LogP contribution < -0.4 is 0 Å². The molecule has 1 amide bonds. The standard InChI is InChI=1S/C21H23N3O2S/c1-14-10-18(27-13-14)21(25)24-9-5-7-16(12-24)11-19-22-20(23-26-19)17-8-4-3-6-15(17)2/h3-4,6,8,10,13,16H,5,7,9,11-12H2,1-2H3/t16-/m1/s1. The molecule has 1 saturated heterocycles. The number of likely N-dealkylation sites (tertiary alicyclic amines) is 1. The molecule has 0 aliphatic carbocycles. The van der Waals surface area contributed by atoms with E-state index in [1.165, 1.54) is 11.3 Å². The van der Waals surface area contributed by atoms with Gasteiger partial charge in [0, 0.05) is 25.1 Å². The summed E-state index contributed by atoms with van der Waals surface area (Å²) in [5.74, 6) is 1.79. The summed E-state index contributed by atoms with van der Waals surface area (Å²) in [6, 6.07) is 10.0. The zero-order valence-electron chi connectivity index (χ0n) is 15.6. The van der Waals surface area contributed by atoms with E-state index in [-0.39, 0.29) is 5.91 Å². The van der Waals surface area contributed by atoms with Crippen LogP contribution in [-0.4, -0.2) is 34.0 Å². The average Bonchev–Trinajstić information content (AvgIpc) is 3.31. The molecule has 4 rings (SSSR count). The molecule has 140 valence electrons. The Morgan fingerprint density at radius 2 is 2.19 bits per heavy atom. The number of aryl methyl sites for hydroxylation is 2. The topological polar surface area (TPSA) is 59.2 Å². The normalized spacial score (nSPS) is 17.3. The highest BCUT2D eigenvalue weighted by Gasteiger charge is 2.27. The smallest absolute Gasteiger partial charge is 0.263 e. The lowest BCUT2D eigenvalue weighted by atomic mass is 9.94. The van der Waals surface area contributed by atoms with Crippen molar-refractivity contribution in [2.75, 3.05) is 13.1 Å². The molecule has 2 aromatic heterocycles. The van der Waals surface area contributed by atoms with Crippen LogP contribution in [0.2, 0.25) is 0 Å². The molecule has 5 nitrogen and oxygen atoms in total. The van der Waals surface area contributed by atoms with E-state index < -0.39 is 0 Å². The van der Waals surface area contributed by atoms with Gasteiger partial charge in [0.05, 0.1) is 4.88 Å². The van der Waals surface area contributed by atoms with Gasteiger partial charge in [0.15, 0.2) is 0 Å². The third-order valence-corrected chi connectivity index (χ3v) is 6.10. The van der Waals surface area contributed by atoms with Crippen LogP contribution in [-0.2, 0) is 6.42 Å². The monoisotopic (exact) mass is 381 g/mol. The Kier molecular flexibility index (Phi) is 5.07. The van der Waals surface area contributed by atoms with Crippen molar-refractivity contribution in [2.24, 2.45) is 5.92 Å². The van der Waals surface area contributed by atoms with Gasteiger partial charge in [-0.3, -0.25) is 4.79 Å². The first-order valence-corrected chi connectivity index (χ1v) is 10.2. The molecule has 0 unspecified atom stereocenters. The minimum atomic E-state index is 0.143. The predicted molar refractivity (Wildman–Crippen MR) is 106 cm³/mol. The molecule has 3 heterocycles. The van der Waals surface area contributed by atoms with Crippen molar-refractivity contribution in [2.45, 2.75) is 33.1 Å². The Labute approximate surface area is 163 Å². The van der Waals surface area contributed by atoms with Crippen LogP contribution in [0.25, 0.3) is 11.4 Å². The maximum atomic E-state index is 12.7. The van der Waals surface area contributed by atoms with Crippen LogP contribution in [0.5, 0.6) is 0 Å². The lowest BCUT2D eigenvalue weighted by molar-refractivity contribution is 0.0673. The molecule has 1 aliphatic heterocycles. The van der Waals surface area contributed by atoms with Crippen molar-refractivity contribution in [3.05, 3.63) is 57.6 Å². The Morgan fingerprint density at radius 3 is 2.96 bits per heavy atom. The molecule has 1 aromatic carbocycles. The summed E-state index contributed by atoms with van der Waals surface area (Å²) < 4.78 is 5.50. The van der Waals surface area contributed by atoms with E-state index >= 15 is 0 Å². The number of piperidine rings is 1. The van der Waals surface area contributed by atoms with Gasteiger partial charge in [-0.05, 0) is 55.2 Å². The highest BCUT2D eigenvalue weighted by molar-refractivity contribution is 7.12. The first-order chi connectivity index (χ1) is 13.1. The Morgan fingerprint density at radius 1 is 1.33 bits per heavy atom. The number of carbonyl (C=O) groups excluding carboxylic acids is 1. The number of nitrogens with zero attached hydrogens (tertiary/aromatic N) is 3. The van der Waals surface area contributed by atoms with Gasteiger partial charge in [-0.25, -0.2) is 0 Å². The molecular weight excluding hydrogens is 358 g/mol. The molecule has 1 atom stereocenters. The van der Waals surface area contributed by atoms with Crippen molar-refractivity contribution in [1.82, 2.24) is 15.0 Å². The van der Waals surface area contributed by atoms with E-state index in [9.17, 15) is 4.79 Å². The average molecular weight is 382 g/mol. The highest BCUT2D eigenvalue weighted by atomic mass is 32.1. The fraction of sp³-hybridized carbons (Fsp3) is 0.381.